The summed E-state index contributed by atoms with van der Waals surface area (Å²) in [5.74, 6) is 0.442. The molecule has 136 valence electrons. The molecule has 1 fully saturated rings. The zero-order valence-corrected chi connectivity index (χ0v) is 15.1. The first-order valence-corrected chi connectivity index (χ1v) is 9.05. The van der Waals surface area contributed by atoms with Gasteiger partial charge in [0.25, 0.3) is 0 Å². The molecule has 2 aromatic rings. The molecule has 4 rings (SSSR count). The van der Waals surface area contributed by atoms with Crippen LogP contribution in [-0.2, 0) is 20.7 Å². The average molecular weight is 353 g/mol. The Morgan fingerprint density at radius 1 is 1.19 bits per heavy atom. The maximum Gasteiger partial charge on any atom is 0.356 e. The molecule has 1 unspecified atom stereocenters. The molecule has 0 spiro atoms. The molecule has 5 heteroatoms. The Balaban J connectivity index is 1.77. The Morgan fingerprint density at radius 2 is 1.96 bits per heavy atom. The van der Waals surface area contributed by atoms with Gasteiger partial charge in [0.15, 0.2) is 0 Å². The van der Waals surface area contributed by atoms with E-state index in [2.05, 4.69) is 23.1 Å². The van der Waals surface area contributed by atoms with Gasteiger partial charge in [0.2, 0.25) is 6.23 Å². The lowest BCUT2D eigenvalue weighted by molar-refractivity contribution is -0.155. The number of hydrogen-bond donors (Lipinski definition) is 0. The highest BCUT2D eigenvalue weighted by Crippen LogP contribution is 2.45. The molecule has 3 atom stereocenters. The highest BCUT2D eigenvalue weighted by atomic mass is 16.6. The number of ether oxygens (including phenoxy) is 3. The summed E-state index contributed by atoms with van der Waals surface area (Å²) in [6, 6.07) is 16.2. The summed E-state index contributed by atoms with van der Waals surface area (Å²) in [6.07, 6.45) is 1.10. The minimum Gasteiger partial charge on any atom is -0.497 e. The maximum atomic E-state index is 12.6. The van der Waals surface area contributed by atoms with Gasteiger partial charge in [-0.1, -0.05) is 24.3 Å². The minimum absolute atomic E-state index is 0.00255. The van der Waals surface area contributed by atoms with Gasteiger partial charge in [-0.25, -0.2) is 4.79 Å². The summed E-state index contributed by atoms with van der Waals surface area (Å²) in [7, 11) is 1.64. The second-order valence-electron chi connectivity index (χ2n) is 6.57. The summed E-state index contributed by atoms with van der Waals surface area (Å²) in [5.41, 5.74) is 3.47. The highest BCUT2D eigenvalue weighted by molar-refractivity contribution is 5.80. The SMILES string of the molecule is CCOC(=O)[C@H]1OC2CCc3ccccc3[C@H]2N1c1ccc(OC)cc1. The Kier molecular flexibility index (Phi) is 4.55. The molecule has 1 aliphatic carbocycles. The van der Waals surface area contributed by atoms with Crippen molar-refractivity contribution in [3.05, 3.63) is 59.7 Å². The highest BCUT2D eigenvalue weighted by Gasteiger charge is 2.49. The molecular weight excluding hydrogens is 330 g/mol. The zero-order valence-electron chi connectivity index (χ0n) is 15.1. The van der Waals surface area contributed by atoms with Gasteiger partial charge in [0.1, 0.15) is 5.75 Å². The van der Waals surface area contributed by atoms with Crippen LogP contribution in [-0.4, -0.2) is 32.0 Å². The van der Waals surface area contributed by atoms with E-state index in [4.69, 9.17) is 14.2 Å². The number of anilines is 1. The number of nitrogens with zero attached hydrogens (tertiary/aromatic N) is 1. The second-order valence-corrected chi connectivity index (χ2v) is 6.57. The van der Waals surface area contributed by atoms with Crippen LogP contribution >= 0.6 is 0 Å². The van der Waals surface area contributed by atoms with E-state index in [1.54, 1.807) is 7.11 Å². The molecule has 1 saturated heterocycles. The van der Waals surface area contributed by atoms with E-state index in [0.717, 1.165) is 24.3 Å². The lowest BCUT2D eigenvalue weighted by atomic mass is 9.85. The van der Waals surface area contributed by atoms with E-state index < -0.39 is 6.23 Å². The van der Waals surface area contributed by atoms with Gasteiger partial charge in [0, 0.05) is 5.69 Å². The van der Waals surface area contributed by atoms with Crippen molar-refractivity contribution in [3.8, 4) is 5.75 Å². The number of methoxy groups -OCH3 is 1. The number of aryl methyl sites for hydroxylation is 1. The van der Waals surface area contributed by atoms with Crippen molar-refractivity contribution in [3.63, 3.8) is 0 Å². The largest absolute Gasteiger partial charge is 0.497 e. The third kappa shape index (κ3) is 2.82. The number of rotatable bonds is 4. The van der Waals surface area contributed by atoms with Gasteiger partial charge in [-0.15, -0.1) is 0 Å². The number of carbonyl (C=O) groups excluding carboxylic acids is 1. The van der Waals surface area contributed by atoms with Crippen LogP contribution in [0.3, 0.4) is 0 Å². The number of fused-ring (bicyclic) bond motifs is 3. The van der Waals surface area contributed by atoms with Crippen LogP contribution in [0.15, 0.2) is 48.5 Å². The molecule has 26 heavy (non-hydrogen) atoms. The van der Waals surface area contributed by atoms with Gasteiger partial charge < -0.3 is 19.1 Å². The summed E-state index contributed by atoms with van der Waals surface area (Å²) in [4.78, 5) is 14.6. The van der Waals surface area contributed by atoms with Crippen molar-refractivity contribution in [2.75, 3.05) is 18.6 Å². The van der Waals surface area contributed by atoms with Crippen molar-refractivity contribution in [1.82, 2.24) is 0 Å². The Morgan fingerprint density at radius 3 is 2.69 bits per heavy atom. The van der Waals surface area contributed by atoms with Gasteiger partial charge >= 0.3 is 5.97 Å². The number of carbonyl (C=O) groups is 1. The summed E-state index contributed by atoms with van der Waals surface area (Å²) >= 11 is 0. The fourth-order valence-electron chi connectivity index (χ4n) is 3.99. The smallest absolute Gasteiger partial charge is 0.356 e. The standard InChI is InChI=1S/C21H23NO4/c1-3-25-21(23)20-22(15-9-11-16(24-2)12-10-15)19-17-7-5-4-6-14(17)8-13-18(19)26-20/h4-7,9-12,18-20H,3,8,13H2,1-2H3/t18?,19-,20-/m1/s1. The van der Waals surface area contributed by atoms with E-state index in [9.17, 15) is 4.79 Å². The van der Waals surface area contributed by atoms with E-state index in [1.165, 1.54) is 11.1 Å². The van der Waals surface area contributed by atoms with Crippen LogP contribution in [0.2, 0.25) is 0 Å². The van der Waals surface area contributed by atoms with Gasteiger partial charge in [0.05, 0.1) is 25.9 Å². The predicted molar refractivity (Wildman–Crippen MR) is 98.3 cm³/mol. The Hall–Kier alpha value is -2.53. The predicted octanol–water partition coefficient (Wildman–Crippen LogP) is 3.48. The van der Waals surface area contributed by atoms with Gasteiger partial charge in [-0.2, -0.15) is 0 Å². The fraction of sp³-hybridized carbons (Fsp3) is 0.381. The summed E-state index contributed by atoms with van der Waals surface area (Å²) in [5, 5.41) is 0. The first-order chi connectivity index (χ1) is 12.7. The Labute approximate surface area is 153 Å². The van der Waals surface area contributed by atoms with Gasteiger partial charge in [-0.3, -0.25) is 0 Å². The first kappa shape index (κ1) is 16.9. The molecule has 5 nitrogen and oxygen atoms in total. The average Bonchev–Trinajstić information content (AvgIpc) is 3.08. The summed E-state index contributed by atoms with van der Waals surface area (Å²) < 4.78 is 16.7. The van der Waals surface area contributed by atoms with Gasteiger partial charge in [-0.05, 0) is 55.2 Å². The second kappa shape index (κ2) is 7.00. The Bertz CT molecular complexity index is 789. The lowest BCUT2D eigenvalue weighted by Gasteiger charge is -2.34. The monoisotopic (exact) mass is 353 g/mol. The topological polar surface area (TPSA) is 48.0 Å². The van der Waals surface area contributed by atoms with Crippen molar-refractivity contribution in [2.45, 2.75) is 38.1 Å². The van der Waals surface area contributed by atoms with E-state index in [-0.39, 0.29) is 18.1 Å². The third-order valence-corrected chi connectivity index (χ3v) is 5.14. The molecule has 2 aliphatic rings. The van der Waals surface area contributed by atoms with E-state index in [0.29, 0.717) is 6.61 Å². The van der Waals surface area contributed by atoms with Crippen LogP contribution in [0, 0.1) is 0 Å². The van der Waals surface area contributed by atoms with Crippen LogP contribution in [0.25, 0.3) is 0 Å². The fourth-order valence-corrected chi connectivity index (χ4v) is 3.99. The molecule has 0 N–H and O–H groups in total. The number of esters is 1. The minimum atomic E-state index is -0.732. The molecule has 1 heterocycles. The number of hydrogen-bond acceptors (Lipinski definition) is 5. The van der Waals surface area contributed by atoms with Crippen molar-refractivity contribution < 1.29 is 19.0 Å². The molecular formula is C21H23NO4. The molecule has 0 radical (unpaired) electrons. The van der Waals surface area contributed by atoms with Crippen molar-refractivity contribution in [2.24, 2.45) is 0 Å². The molecule has 0 bridgehead atoms. The van der Waals surface area contributed by atoms with Crippen LogP contribution in [0.4, 0.5) is 5.69 Å². The lowest BCUT2D eigenvalue weighted by Crippen LogP contribution is -2.40. The molecule has 0 saturated carbocycles. The molecule has 1 aliphatic heterocycles. The van der Waals surface area contributed by atoms with Crippen LogP contribution in [0.1, 0.15) is 30.5 Å². The molecule has 0 aromatic heterocycles. The third-order valence-electron chi connectivity index (χ3n) is 5.14. The van der Waals surface area contributed by atoms with Crippen LogP contribution < -0.4 is 9.64 Å². The number of benzene rings is 2. The van der Waals surface area contributed by atoms with Crippen molar-refractivity contribution >= 4 is 11.7 Å². The first-order valence-electron chi connectivity index (χ1n) is 9.05. The molecule has 2 aromatic carbocycles. The van der Waals surface area contributed by atoms with Crippen LogP contribution in [0.5, 0.6) is 5.75 Å². The van der Waals surface area contributed by atoms with Crippen molar-refractivity contribution in [1.29, 1.82) is 0 Å². The van der Waals surface area contributed by atoms with E-state index >= 15 is 0 Å². The zero-order chi connectivity index (χ0) is 18.1. The quantitative estimate of drug-likeness (QED) is 0.788. The maximum absolute atomic E-state index is 12.6. The normalized spacial score (nSPS) is 23.9. The summed E-state index contributed by atoms with van der Waals surface area (Å²) in [6.45, 7) is 2.15. The van der Waals surface area contributed by atoms with E-state index in [1.807, 2.05) is 37.3 Å². The molecule has 0 amide bonds.